The number of hydrogen-bond donors (Lipinski definition) is 7. The van der Waals surface area contributed by atoms with Gasteiger partial charge in [0.1, 0.15) is 0 Å². The first kappa shape index (κ1) is 11.4. The van der Waals surface area contributed by atoms with E-state index in [0.717, 1.165) is 12.2 Å². The van der Waals surface area contributed by atoms with Gasteiger partial charge in [-0.05, 0) is 0 Å². The number of carbonyl (C=O) groups is 2. The predicted molar refractivity (Wildman–Crippen MR) is 54.7 cm³/mol. The molecule has 0 aromatic rings. The fourth-order valence-corrected chi connectivity index (χ4v) is 1.41. The van der Waals surface area contributed by atoms with Crippen LogP contribution in [0.5, 0.6) is 0 Å². The smallest absolute Gasteiger partial charge is 0.322 e. The minimum absolute atomic E-state index is 0.657. The third-order valence-electron chi connectivity index (χ3n) is 2.07. The van der Waals surface area contributed by atoms with E-state index in [-0.39, 0.29) is 0 Å². The standard InChI is InChI=1S/C8H11N5O4/c14-5-9-3-1-7(16,11-5)13-8(17)2-4-10-6(15)12-8/h1-4,13,16-17H,(H2,9,11,14)(H2,10,12,15). The first-order valence-corrected chi connectivity index (χ1v) is 4.68. The Morgan fingerprint density at radius 3 is 1.71 bits per heavy atom. The summed E-state index contributed by atoms with van der Waals surface area (Å²) in [5.41, 5.74) is 0. The lowest BCUT2D eigenvalue weighted by atomic mass is 10.2. The number of urea groups is 2. The van der Waals surface area contributed by atoms with E-state index in [1.54, 1.807) is 0 Å². The number of amides is 4. The average molecular weight is 241 g/mol. The zero-order valence-electron chi connectivity index (χ0n) is 8.52. The molecule has 7 N–H and O–H groups in total. The highest BCUT2D eigenvalue weighted by Crippen LogP contribution is 2.09. The average Bonchev–Trinajstić information content (AvgIpc) is 2.14. The Morgan fingerprint density at radius 1 is 0.941 bits per heavy atom. The molecule has 2 aliphatic rings. The summed E-state index contributed by atoms with van der Waals surface area (Å²) < 4.78 is 0. The van der Waals surface area contributed by atoms with Gasteiger partial charge in [0, 0.05) is 24.6 Å². The zero-order valence-corrected chi connectivity index (χ0v) is 8.52. The maximum absolute atomic E-state index is 11.0. The van der Waals surface area contributed by atoms with Crippen molar-refractivity contribution in [3.63, 3.8) is 0 Å². The van der Waals surface area contributed by atoms with Crippen molar-refractivity contribution < 1.29 is 19.8 Å². The van der Waals surface area contributed by atoms with Gasteiger partial charge in [0.2, 0.25) is 11.7 Å². The molecule has 4 amide bonds. The molecule has 17 heavy (non-hydrogen) atoms. The van der Waals surface area contributed by atoms with Crippen LogP contribution in [0, 0.1) is 0 Å². The van der Waals surface area contributed by atoms with Crippen molar-refractivity contribution in [1.29, 1.82) is 0 Å². The summed E-state index contributed by atoms with van der Waals surface area (Å²) in [7, 11) is 0. The van der Waals surface area contributed by atoms with Crippen LogP contribution < -0.4 is 26.6 Å². The molecule has 2 rings (SSSR count). The quantitative estimate of drug-likeness (QED) is 0.269. The molecule has 9 nitrogen and oxygen atoms in total. The van der Waals surface area contributed by atoms with Gasteiger partial charge in [0.15, 0.2) is 0 Å². The van der Waals surface area contributed by atoms with E-state index in [1.165, 1.54) is 12.4 Å². The second-order valence-corrected chi connectivity index (χ2v) is 3.52. The number of rotatable bonds is 2. The molecule has 0 saturated heterocycles. The molecule has 0 bridgehead atoms. The van der Waals surface area contributed by atoms with Gasteiger partial charge >= 0.3 is 12.1 Å². The lowest BCUT2D eigenvalue weighted by Gasteiger charge is -2.38. The number of carbonyl (C=O) groups excluding carboxylic acids is 2. The van der Waals surface area contributed by atoms with E-state index in [9.17, 15) is 19.8 Å². The molecule has 0 fully saturated rings. The third kappa shape index (κ3) is 2.53. The van der Waals surface area contributed by atoms with Crippen LogP contribution in [0.4, 0.5) is 9.59 Å². The lowest BCUT2D eigenvalue weighted by Crippen LogP contribution is -2.73. The summed E-state index contributed by atoms with van der Waals surface area (Å²) >= 11 is 0. The van der Waals surface area contributed by atoms with Crippen molar-refractivity contribution in [3.8, 4) is 0 Å². The van der Waals surface area contributed by atoms with E-state index in [4.69, 9.17) is 0 Å². The Labute approximate surface area is 95.6 Å². The summed E-state index contributed by atoms with van der Waals surface area (Å²) in [6.45, 7) is 0. The van der Waals surface area contributed by atoms with Gasteiger partial charge < -0.3 is 20.8 Å². The molecule has 0 aromatic heterocycles. The fraction of sp³-hybridized carbons (Fsp3) is 0.250. The number of aliphatic hydroxyl groups is 2. The summed E-state index contributed by atoms with van der Waals surface area (Å²) in [4.78, 5) is 22.0. The first-order valence-electron chi connectivity index (χ1n) is 4.68. The van der Waals surface area contributed by atoms with Gasteiger partial charge in [-0.2, -0.15) is 0 Å². The Balaban J connectivity index is 2.14. The fourth-order valence-electron chi connectivity index (χ4n) is 1.41. The van der Waals surface area contributed by atoms with Gasteiger partial charge in [0.25, 0.3) is 0 Å². The Hall–Kier alpha value is -2.10. The van der Waals surface area contributed by atoms with E-state index < -0.39 is 23.8 Å². The SMILES string of the molecule is O=C1NC=CC(O)(NC2(O)C=CNC(=O)N2)N1. The van der Waals surface area contributed by atoms with Crippen LogP contribution in [0.3, 0.4) is 0 Å². The van der Waals surface area contributed by atoms with Crippen LogP contribution in [-0.2, 0) is 0 Å². The van der Waals surface area contributed by atoms with Crippen LogP contribution in [-0.4, -0.2) is 34.0 Å². The highest BCUT2D eigenvalue weighted by atomic mass is 16.4. The topological polar surface area (TPSA) is 135 Å². The van der Waals surface area contributed by atoms with Crippen molar-refractivity contribution in [3.05, 3.63) is 24.6 Å². The summed E-state index contributed by atoms with van der Waals surface area (Å²) in [6, 6.07) is -1.31. The summed E-state index contributed by atoms with van der Waals surface area (Å²) in [6.07, 6.45) is 4.71. The molecule has 2 atom stereocenters. The summed E-state index contributed by atoms with van der Waals surface area (Å²) in [5.74, 6) is -3.96. The lowest BCUT2D eigenvalue weighted by molar-refractivity contribution is -0.0748. The second kappa shape index (κ2) is 3.73. The Bertz CT molecular complexity index is 384. The number of hydrogen-bond acceptors (Lipinski definition) is 5. The van der Waals surface area contributed by atoms with Gasteiger partial charge in [0.05, 0.1) is 0 Å². The van der Waals surface area contributed by atoms with Crippen molar-refractivity contribution in [2.75, 3.05) is 0 Å². The van der Waals surface area contributed by atoms with Crippen LogP contribution in [0.1, 0.15) is 0 Å². The maximum Gasteiger partial charge on any atom is 0.322 e. The first-order chi connectivity index (χ1) is 7.91. The van der Waals surface area contributed by atoms with Crippen LogP contribution in [0.15, 0.2) is 24.6 Å². The molecule has 2 aliphatic heterocycles. The third-order valence-corrected chi connectivity index (χ3v) is 2.07. The molecule has 0 aromatic carbocycles. The second-order valence-electron chi connectivity index (χ2n) is 3.52. The van der Waals surface area contributed by atoms with Gasteiger partial charge in [-0.1, -0.05) is 0 Å². The van der Waals surface area contributed by atoms with Gasteiger partial charge in [-0.25, -0.2) is 14.9 Å². The molecule has 2 unspecified atom stereocenters. The van der Waals surface area contributed by atoms with Crippen molar-refractivity contribution in [2.45, 2.75) is 11.7 Å². The molecule has 0 aliphatic carbocycles. The molecular formula is C8H11N5O4. The van der Waals surface area contributed by atoms with Crippen LogP contribution >= 0.6 is 0 Å². The van der Waals surface area contributed by atoms with Gasteiger partial charge in [-0.3, -0.25) is 10.6 Å². The van der Waals surface area contributed by atoms with Crippen LogP contribution in [0.25, 0.3) is 0 Å². The molecule has 0 saturated carbocycles. The summed E-state index contributed by atoms with van der Waals surface area (Å²) in [5, 5.41) is 30.9. The zero-order chi connectivity index (χ0) is 12.5. The van der Waals surface area contributed by atoms with E-state index >= 15 is 0 Å². The Morgan fingerprint density at radius 2 is 1.35 bits per heavy atom. The van der Waals surface area contributed by atoms with Crippen LogP contribution in [0.2, 0.25) is 0 Å². The van der Waals surface area contributed by atoms with Crippen molar-refractivity contribution >= 4 is 12.1 Å². The van der Waals surface area contributed by atoms with E-state index in [1.807, 2.05) is 0 Å². The normalized spacial score (nSPS) is 35.6. The largest absolute Gasteiger partial charge is 0.355 e. The minimum atomic E-state index is -1.98. The monoisotopic (exact) mass is 241 g/mol. The van der Waals surface area contributed by atoms with Crippen molar-refractivity contribution in [2.24, 2.45) is 0 Å². The molecule has 92 valence electrons. The molecule has 2 heterocycles. The van der Waals surface area contributed by atoms with Gasteiger partial charge in [-0.15, -0.1) is 0 Å². The number of nitrogens with one attached hydrogen (secondary N) is 5. The van der Waals surface area contributed by atoms with Crippen molar-refractivity contribution in [1.82, 2.24) is 26.6 Å². The molecule has 0 spiro atoms. The Kier molecular flexibility index (Phi) is 2.50. The maximum atomic E-state index is 11.0. The molecule has 0 radical (unpaired) electrons. The highest BCUT2D eigenvalue weighted by molar-refractivity contribution is 5.78. The predicted octanol–water partition coefficient (Wildman–Crippen LogP) is -2.48. The molecule has 9 heteroatoms. The van der Waals surface area contributed by atoms with E-state index in [0.29, 0.717) is 0 Å². The van der Waals surface area contributed by atoms with E-state index in [2.05, 4.69) is 26.6 Å². The molecular weight excluding hydrogens is 230 g/mol. The minimum Gasteiger partial charge on any atom is -0.355 e. The highest BCUT2D eigenvalue weighted by Gasteiger charge is 2.39.